The van der Waals surface area contributed by atoms with Crippen LogP contribution in [-0.4, -0.2) is 41.8 Å². The molecule has 1 aliphatic heterocycles. The lowest BCUT2D eigenvalue weighted by molar-refractivity contribution is 0.0988. The van der Waals surface area contributed by atoms with Gasteiger partial charge in [-0.05, 0) is 34.4 Å². The number of nitrogens with two attached hydrogens (primary N) is 1. The smallest absolute Gasteiger partial charge is 0.292 e. The predicted octanol–water partition coefficient (Wildman–Crippen LogP) is 3.41. The highest BCUT2D eigenvalue weighted by Gasteiger charge is 2.15. The molecule has 0 amide bonds. The lowest BCUT2D eigenvalue weighted by Gasteiger charge is -2.27. The Balaban J connectivity index is 1.48. The third kappa shape index (κ3) is 4.85. The van der Waals surface area contributed by atoms with E-state index in [1.807, 2.05) is 18.2 Å². The fourth-order valence-electron chi connectivity index (χ4n) is 3.50. The number of anilines is 1. The third-order valence-electron chi connectivity index (χ3n) is 5.11. The maximum absolute atomic E-state index is 12.4. The Morgan fingerprint density at radius 3 is 2.55 bits per heavy atom. The number of benzene rings is 2. The number of carbonyl (C=O) groups is 1. The van der Waals surface area contributed by atoms with Gasteiger partial charge in [0.1, 0.15) is 12.0 Å². The minimum absolute atomic E-state index is 0.0193. The van der Waals surface area contributed by atoms with Gasteiger partial charge in [0.05, 0.1) is 0 Å². The predicted molar refractivity (Wildman–Crippen MR) is 114 cm³/mol. The van der Waals surface area contributed by atoms with Crippen LogP contribution in [0.15, 0.2) is 53.1 Å². The monoisotopic (exact) mass is 410 g/mol. The molecule has 150 valence electrons. The van der Waals surface area contributed by atoms with Gasteiger partial charge in [-0.25, -0.2) is 0 Å². The minimum atomic E-state index is -0.184. The number of oxazole rings is 1. The summed E-state index contributed by atoms with van der Waals surface area (Å²) >= 11 is 6.32. The van der Waals surface area contributed by atoms with E-state index in [1.54, 1.807) is 0 Å². The van der Waals surface area contributed by atoms with E-state index in [2.05, 4.69) is 39.5 Å². The molecule has 29 heavy (non-hydrogen) atoms. The number of hydrogen-bond donors (Lipinski definition) is 2. The largest absolute Gasteiger partial charge is 0.432 e. The van der Waals surface area contributed by atoms with Crippen LogP contribution < -0.4 is 11.1 Å². The average molecular weight is 411 g/mol. The zero-order chi connectivity index (χ0) is 20.2. The Morgan fingerprint density at radius 2 is 1.86 bits per heavy atom. The first-order valence-electron chi connectivity index (χ1n) is 9.63. The van der Waals surface area contributed by atoms with E-state index in [4.69, 9.17) is 21.8 Å². The van der Waals surface area contributed by atoms with Crippen LogP contribution in [0, 0.1) is 0 Å². The first-order valence-corrected chi connectivity index (χ1v) is 10.0. The van der Waals surface area contributed by atoms with Crippen molar-refractivity contribution >= 4 is 23.4 Å². The van der Waals surface area contributed by atoms with Gasteiger partial charge in [-0.3, -0.25) is 9.69 Å². The summed E-state index contributed by atoms with van der Waals surface area (Å²) in [6.07, 6.45) is 1.41. The van der Waals surface area contributed by atoms with Gasteiger partial charge in [0, 0.05) is 44.2 Å². The van der Waals surface area contributed by atoms with Gasteiger partial charge in [0.2, 0.25) is 0 Å². The Kier molecular flexibility index (Phi) is 5.94. The molecule has 4 rings (SSSR count). The zero-order valence-corrected chi connectivity index (χ0v) is 16.8. The molecular formula is C22H23ClN4O2. The van der Waals surface area contributed by atoms with Gasteiger partial charge in [0.25, 0.3) is 6.01 Å². The number of rotatable bonds is 6. The van der Waals surface area contributed by atoms with Crippen LogP contribution in [0.4, 0.5) is 6.01 Å². The molecule has 3 aromatic rings. The summed E-state index contributed by atoms with van der Waals surface area (Å²) in [6, 6.07) is 14.3. The highest BCUT2D eigenvalue weighted by atomic mass is 35.5. The average Bonchev–Trinajstić information content (AvgIpc) is 3.18. The van der Waals surface area contributed by atoms with E-state index in [1.165, 1.54) is 11.8 Å². The van der Waals surface area contributed by atoms with Gasteiger partial charge in [-0.2, -0.15) is 4.98 Å². The number of nitrogen functional groups attached to an aromatic ring is 1. The number of hydrogen-bond acceptors (Lipinski definition) is 6. The second-order valence-corrected chi connectivity index (χ2v) is 7.61. The maximum atomic E-state index is 12.4. The molecule has 7 heteroatoms. The van der Waals surface area contributed by atoms with Crippen molar-refractivity contribution in [2.45, 2.75) is 13.0 Å². The molecule has 0 aliphatic carbocycles. The van der Waals surface area contributed by atoms with Crippen molar-refractivity contribution in [2.24, 2.45) is 0 Å². The number of halogens is 1. The molecule has 0 spiro atoms. The second-order valence-electron chi connectivity index (χ2n) is 7.20. The van der Waals surface area contributed by atoms with Gasteiger partial charge in [-0.15, -0.1) is 0 Å². The first kappa shape index (κ1) is 19.6. The molecule has 0 atom stereocenters. The summed E-state index contributed by atoms with van der Waals surface area (Å²) in [5.41, 5.74) is 9.81. The topological polar surface area (TPSA) is 84.4 Å². The molecule has 2 heterocycles. The number of piperazine rings is 1. The molecule has 6 nitrogen and oxygen atoms in total. The standard InChI is InChI=1S/C22H23ClN4O2/c23-19-6-5-17(11-18(19)12-21(28)20-14-29-22(24)26-20)16-3-1-15(2-4-16)13-27-9-7-25-8-10-27/h1-6,11,14,25H,7-10,12-13H2,(H2,24,26). The van der Waals surface area contributed by atoms with E-state index in [-0.39, 0.29) is 23.9 Å². The number of carbonyl (C=O) groups excluding carboxylic acids is 1. The van der Waals surface area contributed by atoms with Crippen LogP contribution in [0.1, 0.15) is 21.6 Å². The molecule has 0 bridgehead atoms. The Labute approximate surface area is 174 Å². The van der Waals surface area contributed by atoms with Crippen molar-refractivity contribution in [3.63, 3.8) is 0 Å². The van der Waals surface area contributed by atoms with Crippen LogP contribution in [0.25, 0.3) is 11.1 Å². The van der Waals surface area contributed by atoms with Crippen molar-refractivity contribution in [3.05, 3.63) is 70.6 Å². The molecule has 1 aromatic heterocycles. The van der Waals surface area contributed by atoms with Gasteiger partial charge >= 0.3 is 0 Å². The molecule has 0 radical (unpaired) electrons. The fraction of sp³-hybridized carbons (Fsp3) is 0.273. The van der Waals surface area contributed by atoms with Crippen molar-refractivity contribution < 1.29 is 9.21 Å². The quantitative estimate of drug-likeness (QED) is 0.606. The third-order valence-corrected chi connectivity index (χ3v) is 5.48. The van der Waals surface area contributed by atoms with E-state index >= 15 is 0 Å². The molecule has 0 saturated carbocycles. The van der Waals surface area contributed by atoms with Gasteiger partial charge in [0.15, 0.2) is 5.78 Å². The van der Waals surface area contributed by atoms with Crippen molar-refractivity contribution in [3.8, 4) is 11.1 Å². The van der Waals surface area contributed by atoms with Crippen molar-refractivity contribution in [1.82, 2.24) is 15.2 Å². The summed E-state index contributed by atoms with van der Waals surface area (Å²) in [4.78, 5) is 18.8. The number of aromatic nitrogens is 1. The molecule has 1 saturated heterocycles. The molecular weight excluding hydrogens is 388 g/mol. The lowest BCUT2D eigenvalue weighted by Crippen LogP contribution is -2.42. The molecule has 3 N–H and O–H groups in total. The van der Waals surface area contributed by atoms with Crippen LogP contribution in [0.5, 0.6) is 0 Å². The molecule has 2 aromatic carbocycles. The van der Waals surface area contributed by atoms with E-state index in [9.17, 15) is 4.79 Å². The summed E-state index contributed by atoms with van der Waals surface area (Å²) in [5.74, 6) is -0.184. The van der Waals surface area contributed by atoms with Crippen LogP contribution in [0.2, 0.25) is 5.02 Å². The highest BCUT2D eigenvalue weighted by Crippen LogP contribution is 2.27. The summed E-state index contributed by atoms with van der Waals surface area (Å²) in [7, 11) is 0. The Hall–Kier alpha value is -2.67. The molecule has 1 fully saturated rings. The van der Waals surface area contributed by atoms with Gasteiger partial charge in [-0.1, -0.05) is 41.9 Å². The number of Topliss-reactive ketones (excluding diaryl/α,β-unsaturated/α-hetero) is 1. The number of nitrogens with one attached hydrogen (secondary N) is 1. The Bertz CT molecular complexity index is 994. The minimum Gasteiger partial charge on any atom is -0.432 e. The van der Waals surface area contributed by atoms with Crippen LogP contribution in [-0.2, 0) is 13.0 Å². The van der Waals surface area contributed by atoms with Crippen molar-refractivity contribution in [1.29, 1.82) is 0 Å². The maximum Gasteiger partial charge on any atom is 0.292 e. The van der Waals surface area contributed by atoms with E-state index in [0.717, 1.165) is 49.4 Å². The number of nitrogens with zero attached hydrogens (tertiary/aromatic N) is 2. The van der Waals surface area contributed by atoms with E-state index in [0.29, 0.717) is 5.02 Å². The molecule has 0 unspecified atom stereocenters. The zero-order valence-electron chi connectivity index (χ0n) is 16.0. The molecule has 1 aliphatic rings. The van der Waals surface area contributed by atoms with E-state index < -0.39 is 0 Å². The SMILES string of the molecule is Nc1nc(C(=O)Cc2cc(-c3ccc(CN4CCNCC4)cc3)ccc2Cl)co1. The highest BCUT2D eigenvalue weighted by molar-refractivity contribution is 6.31. The number of ketones is 1. The van der Waals surface area contributed by atoms with Crippen LogP contribution >= 0.6 is 11.6 Å². The second kappa shape index (κ2) is 8.78. The lowest BCUT2D eigenvalue weighted by atomic mass is 9.99. The normalized spacial score (nSPS) is 14.8. The summed E-state index contributed by atoms with van der Waals surface area (Å²) in [6.45, 7) is 5.21. The summed E-state index contributed by atoms with van der Waals surface area (Å²) in [5, 5.41) is 3.92. The Morgan fingerprint density at radius 1 is 1.14 bits per heavy atom. The van der Waals surface area contributed by atoms with Crippen LogP contribution in [0.3, 0.4) is 0 Å². The first-order chi connectivity index (χ1) is 14.1. The van der Waals surface area contributed by atoms with Crippen molar-refractivity contribution in [2.75, 3.05) is 31.9 Å². The summed E-state index contributed by atoms with van der Waals surface area (Å²) < 4.78 is 4.92. The van der Waals surface area contributed by atoms with Gasteiger partial charge < -0.3 is 15.5 Å². The fourth-order valence-corrected chi connectivity index (χ4v) is 3.68.